The second-order valence-electron chi connectivity index (χ2n) is 6.71. The molecule has 0 aromatic rings. The lowest BCUT2D eigenvalue weighted by atomic mass is 9.95. The maximum Gasteiger partial charge on any atom is 0.191 e. The van der Waals surface area contributed by atoms with Crippen LogP contribution in [0.25, 0.3) is 0 Å². The minimum Gasteiger partial charge on any atom is -0.355 e. The lowest BCUT2D eigenvalue weighted by Crippen LogP contribution is -2.56. The van der Waals surface area contributed by atoms with E-state index in [1.165, 1.54) is 43.6 Å². The van der Waals surface area contributed by atoms with Gasteiger partial charge in [0.25, 0.3) is 0 Å². The molecule has 1 aliphatic heterocycles. The summed E-state index contributed by atoms with van der Waals surface area (Å²) >= 11 is 4.07. The van der Waals surface area contributed by atoms with Crippen molar-refractivity contribution in [2.24, 2.45) is 4.99 Å². The van der Waals surface area contributed by atoms with Gasteiger partial charge in [0.15, 0.2) is 5.96 Å². The highest BCUT2D eigenvalue weighted by Gasteiger charge is 2.36. The van der Waals surface area contributed by atoms with E-state index in [2.05, 4.69) is 52.6 Å². The second kappa shape index (κ2) is 8.69. The summed E-state index contributed by atoms with van der Waals surface area (Å²) in [6.07, 6.45) is 8.72. The molecule has 0 amide bonds. The third-order valence-corrected chi connectivity index (χ3v) is 7.47. The quantitative estimate of drug-likeness (QED) is 0.591. The number of likely N-dealkylation sites (N-methyl/N-ethyl adjacent to an activating group) is 1. The summed E-state index contributed by atoms with van der Waals surface area (Å²) in [7, 11) is 6.29. The van der Waals surface area contributed by atoms with Crippen LogP contribution in [0.4, 0.5) is 0 Å². The Bertz CT molecular complexity index is 367. The number of guanidine groups is 1. The first-order valence-corrected chi connectivity index (χ1v) is 10.8. The summed E-state index contributed by atoms with van der Waals surface area (Å²) in [6.45, 7) is 0.978. The molecular formula is C16H32N4S2. The molecule has 0 aromatic heterocycles. The second-order valence-corrected chi connectivity index (χ2v) is 8.96. The van der Waals surface area contributed by atoms with Gasteiger partial charge in [-0.05, 0) is 51.8 Å². The number of aliphatic imine (C=N–C) groups is 1. The van der Waals surface area contributed by atoms with Gasteiger partial charge in [-0.3, -0.25) is 4.99 Å². The first kappa shape index (κ1) is 18.3. The molecule has 2 N–H and O–H groups in total. The minimum atomic E-state index is 0.274. The van der Waals surface area contributed by atoms with Crippen LogP contribution < -0.4 is 10.6 Å². The molecule has 22 heavy (non-hydrogen) atoms. The third kappa shape index (κ3) is 4.71. The van der Waals surface area contributed by atoms with Crippen LogP contribution in [0.2, 0.25) is 0 Å². The highest BCUT2D eigenvalue weighted by atomic mass is 32.2. The Morgan fingerprint density at radius 2 is 2.23 bits per heavy atom. The summed E-state index contributed by atoms with van der Waals surface area (Å²) in [4.78, 5) is 6.83. The van der Waals surface area contributed by atoms with Crippen LogP contribution in [-0.4, -0.2) is 73.1 Å². The molecule has 128 valence electrons. The van der Waals surface area contributed by atoms with Gasteiger partial charge < -0.3 is 15.5 Å². The normalized spacial score (nSPS) is 33.2. The molecule has 1 saturated heterocycles. The highest BCUT2D eigenvalue weighted by Crippen LogP contribution is 2.31. The molecule has 2 aliphatic rings. The third-order valence-electron chi connectivity index (χ3n) is 5.14. The van der Waals surface area contributed by atoms with Crippen LogP contribution in [0.3, 0.4) is 0 Å². The lowest BCUT2D eigenvalue weighted by molar-refractivity contribution is 0.182. The van der Waals surface area contributed by atoms with Gasteiger partial charge in [0, 0.05) is 36.2 Å². The van der Waals surface area contributed by atoms with Gasteiger partial charge in [-0.15, -0.1) is 0 Å². The summed E-state index contributed by atoms with van der Waals surface area (Å²) < 4.78 is 0. The highest BCUT2D eigenvalue weighted by molar-refractivity contribution is 7.99. The Hall–Kier alpha value is -0.0700. The van der Waals surface area contributed by atoms with Crippen LogP contribution in [0.15, 0.2) is 4.99 Å². The average Bonchev–Trinajstić information content (AvgIpc) is 3.02. The van der Waals surface area contributed by atoms with Crippen molar-refractivity contribution in [2.75, 3.05) is 45.4 Å². The molecule has 3 atom stereocenters. The Labute approximate surface area is 144 Å². The van der Waals surface area contributed by atoms with Gasteiger partial charge in [0.1, 0.15) is 0 Å². The first-order chi connectivity index (χ1) is 10.6. The van der Waals surface area contributed by atoms with Gasteiger partial charge in [-0.2, -0.15) is 23.5 Å². The maximum atomic E-state index is 4.45. The summed E-state index contributed by atoms with van der Waals surface area (Å²) in [5.41, 5.74) is 0.274. The van der Waals surface area contributed by atoms with E-state index in [0.29, 0.717) is 6.04 Å². The molecule has 0 spiro atoms. The summed E-state index contributed by atoms with van der Waals surface area (Å²) in [6, 6.07) is 0.575. The number of nitrogens with zero attached hydrogens (tertiary/aromatic N) is 2. The molecule has 3 unspecified atom stereocenters. The number of hydrogen-bond acceptors (Lipinski definition) is 4. The van der Waals surface area contributed by atoms with E-state index >= 15 is 0 Å². The van der Waals surface area contributed by atoms with Gasteiger partial charge in [0.05, 0.1) is 0 Å². The maximum absolute atomic E-state index is 4.45. The van der Waals surface area contributed by atoms with Gasteiger partial charge >= 0.3 is 0 Å². The van der Waals surface area contributed by atoms with E-state index in [4.69, 9.17) is 0 Å². The standard InChI is InChI=1S/C16H32N4S2/c1-17-15(19-13-6-5-7-14(10-13)21-4)18-11-16(20(2)3)8-9-22-12-16/h13-14H,5-12H2,1-4H3,(H2,17,18,19). The van der Waals surface area contributed by atoms with Crippen molar-refractivity contribution >= 4 is 29.5 Å². The molecular weight excluding hydrogens is 312 g/mol. The summed E-state index contributed by atoms with van der Waals surface area (Å²) in [5.74, 6) is 3.45. The molecule has 0 aromatic carbocycles. The smallest absolute Gasteiger partial charge is 0.191 e. The van der Waals surface area contributed by atoms with Gasteiger partial charge in [0.2, 0.25) is 0 Å². The molecule has 6 heteroatoms. The van der Waals surface area contributed by atoms with Gasteiger partial charge in [-0.25, -0.2) is 0 Å². The van der Waals surface area contributed by atoms with E-state index in [1.54, 1.807) is 0 Å². The molecule has 4 nitrogen and oxygen atoms in total. The zero-order valence-corrected chi connectivity index (χ0v) is 16.2. The van der Waals surface area contributed by atoms with Crippen LogP contribution >= 0.6 is 23.5 Å². The topological polar surface area (TPSA) is 39.7 Å². The van der Waals surface area contributed by atoms with Crippen LogP contribution in [0.1, 0.15) is 32.1 Å². The number of nitrogens with one attached hydrogen (secondary N) is 2. The Balaban J connectivity index is 1.84. The number of rotatable bonds is 5. The first-order valence-electron chi connectivity index (χ1n) is 8.35. The van der Waals surface area contributed by atoms with Crippen molar-refractivity contribution in [1.82, 2.24) is 15.5 Å². The number of hydrogen-bond donors (Lipinski definition) is 2. The molecule has 1 heterocycles. The van der Waals surface area contributed by atoms with E-state index in [1.807, 2.05) is 18.8 Å². The van der Waals surface area contributed by atoms with Crippen molar-refractivity contribution in [1.29, 1.82) is 0 Å². The average molecular weight is 345 g/mol. The predicted molar refractivity (Wildman–Crippen MR) is 102 cm³/mol. The Kier molecular flexibility index (Phi) is 7.22. The van der Waals surface area contributed by atoms with Gasteiger partial charge in [-0.1, -0.05) is 6.42 Å². The fourth-order valence-corrected chi connectivity index (χ4v) is 5.75. The molecule has 1 aliphatic carbocycles. The van der Waals surface area contributed by atoms with Crippen LogP contribution in [0, 0.1) is 0 Å². The van der Waals surface area contributed by atoms with Crippen molar-refractivity contribution in [3.05, 3.63) is 0 Å². The number of thioether (sulfide) groups is 2. The Morgan fingerprint density at radius 1 is 1.41 bits per heavy atom. The van der Waals surface area contributed by atoms with E-state index in [0.717, 1.165) is 17.8 Å². The van der Waals surface area contributed by atoms with E-state index in [9.17, 15) is 0 Å². The SMILES string of the molecule is CN=C(NCC1(N(C)C)CCSC1)NC1CCCC(SC)C1. The van der Waals surface area contributed by atoms with E-state index in [-0.39, 0.29) is 5.54 Å². The zero-order valence-electron chi connectivity index (χ0n) is 14.5. The minimum absolute atomic E-state index is 0.274. The predicted octanol–water partition coefficient (Wildman–Crippen LogP) is 2.26. The fourth-order valence-electron chi connectivity index (χ4n) is 3.37. The van der Waals surface area contributed by atoms with Crippen LogP contribution in [-0.2, 0) is 0 Å². The monoisotopic (exact) mass is 344 g/mol. The Morgan fingerprint density at radius 3 is 2.82 bits per heavy atom. The van der Waals surface area contributed by atoms with Crippen LogP contribution in [0.5, 0.6) is 0 Å². The van der Waals surface area contributed by atoms with E-state index < -0.39 is 0 Å². The lowest BCUT2D eigenvalue weighted by Gasteiger charge is -2.37. The van der Waals surface area contributed by atoms with Crippen molar-refractivity contribution in [3.63, 3.8) is 0 Å². The largest absolute Gasteiger partial charge is 0.355 e. The molecule has 0 bridgehead atoms. The fraction of sp³-hybridized carbons (Fsp3) is 0.938. The molecule has 0 radical (unpaired) electrons. The van der Waals surface area contributed by atoms with Crippen molar-refractivity contribution in [3.8, 4) is 0 Å². The van der Waals surface area contributed by atoms with Crippen molar-refractivity contribution in [2.45, 2.75) is 48.9 Å². The molecule has 1 saturated carbocycles. The molecule has 2 fully saturated rings. The van der Waals surface area contributed by atoms with Crippen molar-refractivity contribution < 1.29 is 0 Å². The zero-order chi connectivity index (χ0) is 16.0. The molecule has 2 rings (SSSR count). The summed E-state index contributed by atoms with van der Waals surface area (Å²) in [5, 5.41) is 8.05.